The number of nitrogens with zero attached hydrogens (tertiary/aromatic N) is 2. The van der Waals surface area contributed by atoms with E-state index >= 15 is 0 Å². The van der Waals surface area contributed by atoms with Gasteiger partial charge in [-0.25, -0.2) is 0 Å². The van der Waals surface area contributed by atoms with Crippen molar-refractivity contribution < 1.29 is 5.11 Å². The summed E-state index contributed by atoms with van der Waals surface area (Å²) >= 11 is 1.72. The summed E-state index contributed by atoms with van der Waals surface area (Å²) in [6.45, 7) is 3.08. The van der Waals surface area contributed by atoms with Crippen molar-refractivity contribution in [2.75, 3.05) is 19.7 Å². The summed E-state index contributed by atoms with van der Waals surface area (Å²) in [5, 5.41) is 8.81. The molecule has 1 saturated heterocycles. The fourth-order valence-electron chi connectivity index (χ4n) is 3.59. The fraction of sp³-hybridized carbons (Fsp3) is 0.261. The topological polar surface area (TPSA) is 36.4 Å². The lowest BCUT2D eigenvalue weighted by molar-refractivity contribution is 0.330. The molecule has 2 aromatic heterocycles. The number of likely N-dealkylation sites (tertiary alicyclic amines) is 1. The molecule has 1 atom stereocenters. The third-order valence-corrected chi connectivity index (χ3v) is 5.91. The Hall–Kier alpha value is -2.45. The van der Waals surface area contributed by atoms with Crippen LogP contribution in [0, 0.1) is 11.8 Å². The van der Waals surface area contributed by atoms with Crippen molar-refractivity contribution in [3.63, 3.8) is 0 Å². The number of aromatic nitrogens is 1. The summed E-state index contributed by atoms with van der Waals surface area (Å²) in [5.74, 6) is 6.26. The molecule has 0 aliphatic carbocycles. The highest BCUT2D eigenvalue weighted by molar-refractivity contribution is 7.12. The van der Waals surface area contributed by atoms with E-state index in [9.17, 15) is 0 Å². The Bertz CT molecular complexity index is 955. The first-order chi connectivity index (χ1) is 13.3. The molecule has 0 spiro atoms. The maximum Gasteiger partial charge on any atom is 0.104 e. The van der Waals surface area contributed by atoms with E-state index in [-0.39, 0.29) is 6.61 Å². The Kier molecular flexibility index (Phi) is 5.64. The maximum absolute atomic E-state index is 8.81. The second-order valence-corrected chi connectivity index (χ2v) is 7.96. The molecule has 1 aromatic carbocycles. The van der Waals surface area contributed by atoms with Gasteiger partial charge in [-0.3, -0.25) is 9.88 Å². The van der Waals surface area contributed by atoms with Crippen LogP contribution in [0.5, 0.6) is 0 Å². The zero-order valence-corrected chi connectivity index (χ0v) is 16.0. The van der Waals surface area contributed by atoms with E-state index < -0.39 is 0 Å². The second-order valence-electron chi connectivity index (χ2n) is 6.79. The Morgan fingerprint density at radius 2 is 2.04 bits per heavy atom. The maximum atomic E-state index is 8.81. The molecule has 136 valence electrons. The molecular formula is C23H22N2OS. The van der Waals surface area contributed by atoms with E-state index in [1.807, 2.05) is 18.3 Å². The van der Waals surface area contributed by atoms with Crippen LogP contribution in [-0.2, 0) is 6.54 Å². The number of hydrogen-bond donors (Lipinski definition) is 1. The minimum Gasteiger partial charge on any atom is -0.384 e. The van der Waals surface area contributed by atoms with E-state index in [0.717, 1.165) is 30.2 Å². The number of pyridine rings is 1. The van der Waals surface area contributed by atoms with Gasteiger partial charge in [0, 0.05) is 29.7 Å². The molecule has 0 bridgehead atoms. The quantitative estimate of drug-likeness (QED) is 0.697. The monoisotopic (exact) mass is 374 g/mol. The molecule has 3 aromatic rings. The zero-order chi connectivity index (χ0) is 18.5. The molecule has 3 heterocycles. The van der Waals surface area contributed by atoms with E-state index in [4.69, 9.17) is 5.11 Å². The van der Waals surface area contributed by atoms with Gasteiger partial charge >= 0.3 is 0 Å². The molecule has 1 N–H and O–H groups in total. The molecular weight excluding hydrogens is 352 g/mol. The van der Waals surface area contributed by atoms with Crippen molar-refractivity contribution in [2.45, 2.75) is 18.9 Å². The van der Waals surface area contributed by atoms with Crippen molar-refractivity contribution in [1.29, 1.82) is 0 Å². The van der Waals surface area contributed by atoms with Gasteiger partial charge < -0.3 is 5.11 Å². The molecule has 1 aliphatic heterocycles. The van der Waals surface area contributed by atoms with Gasteiger partial charge in [0.05, 0.1) is 10.6 Å². The van der Waals surface area contributed by atoms with Crippen molar-refractivity contribution in [2.24, 2.45) is 0 Å². The van der Waals surface area contributed by atoms with Crippen molar-refractivity contribution in [1.82, 2.24) is 9.88 Å². The minimum atomic E-state index is -0.0854. The molecule has 1 aliphatic rings. The van der Waals surface area contributed by atoms with E-state index in [1.54, 1.807) is 11.3 Å². The first-order valence-electron chi connectivity index (χ1n) is 9.24. The average Bonchev–Trinajstić information content (AvgIpc) is 3.37. The summed E-state index contributed by atoms with van der Waals surface area (Å²) < 4.78 is 0. The predicted octanol–water partition coefficient (Wildman–Crippen LogP) is 4.14. The van der Waals surface area contributed by atoms with Gasteiger partial charge in [-0.05, 0) is 48.7 Å². The van der Waals surface area contributed by atoms with Crippen LogP contribution in [0.25, 0.3) is 11.3 Å². The summed E-state index contributed by atoms with van der Waals surface area (Å²) in [7, 11) is 0. The normalized spacial score (nSPS) is 16.9. The van der Waals surface area contributed by atoms with Crippen LogP contribution in [0.4, 0.5) is 0 Å². The van der Waals surface area contributed by atoms with E-state index in [2.05, 4.69) is 64.2 Å². The Balaban J connectivity index is 1.42. The first kappa shape index (κ1) is 17.9. The standard InChI is InChI=1S/C23H22N2OS/c26-14-4-7-21-8-9-22(27-21)17-25-13-11-20(16-25)19-10-12-24-23(15-19)18-5-2-1-3-6-18/h1-3,5-6,8-10,12,15,20,26H,11,13-14,16-17H2/t20-/m0/s1. The Morgan fingerprint density at radius 1 is 1.15 bits per heavy atom. The molecule has 0 saturated carbocycles. The van der Waals surface area contributed by atoms with Gasteiger partial charge in [-0.1, -0.05) is 42.2 Å². The molecule has 27 heavy (non-hydrogen) atoms. The fourth-order valence-corrected chi connectivity index (χ4v) is 4.52. The van der Waals surface area contributed by atoms with Crippen LogP contribution >= 0.6 is 11.3 Å². The highest BCUT2D eigenvalue weighted by Crippen LogP contribution is 2.31. The molecule has 4 heteroatoms. The summed E-state index contributed by atoms with van der Waals surface area (Å²) in [4.78, 5) is 9.42. The highest BCUT2D eigenvalue weighted by atomic mass is 32.1. The Morgan fingerprint density at radius 3 is 2.89 bits per heavy atom. The molecule has 0 amide bonds. The van der Waals surface area contributed by atoms with Crippen LogP contribution in [0.2, 0.25) is 0 Å². The smallest absolute Gasteiger partial charge is 0.104 e. The molecule has 0 unspecified atom stereocenters. The second kappa shape index (κ2) is 8.49. The Labute approximate surface area is 164 Å². The van der Waals surface area contributed by atoms with Crippen LogP contribution in [0.3, 0.4) is 0 Å². The summed E-state index contributed by atoms with van der Waals surface area (Å²) in [5.41, 5.74) is 3.60. The molecule has 4 rings (SSSR count). The lowest BCUT2D eigenvalue weighted by Gasteiger charge is -2.15. The van der Waals surface area contributed by atoms with Crippen LogP contribution < -0.4 is 0 Å². The summed E-state index contributed by atoms with van der Waals surface area (Å²) in [6, 6.07) is 19.0. The van der Waals surface area contributed by atoms with Crippen LogP contribution in [0.1, 0.15) is 27.7 Å². The number of aliphatic hydroxyl groups is 1. The first-order valence-corrected chi connectivity index (χ1v) is 10.1. The lowest BCUT2D eigenvalue weighted by atomic mass is 9.97. The third kappa shape index (κ3) is 4.45. The largest absolute Gasteiger partial charge is 0.384 e. The zero-order valence-electron chi connectivity index (χ0n) is 15.1. The molecule has 1 fully saturated rings. The highest BCUT2D eigenvalue weighted by Gasteiger charge is 2.24. The number of aliphatic hydroxyl groups excluding tert-OH is 1. The van der Waals surface area contributed by atoms with E-state index in [1.165, 1.54) is 22.4 Å². The number of thiophene rings is 1. The predicted molar refractivity (Wildman–Crippen MR) is 111 cm³/mol. The van der Waals surface area contributed by atoms with Gasteiger partial charge in [0.15, 0.2) is 0 Å². The SMILES string of the molecule is OCC#Cc1ccc(CN2CC[C@H](c3ccnc(-c4ccccc4)c3)C2)s1. The molecule has 3 nitrogen and oxygen atoms in total. The van der Waals surface area contributed by atoms with Crippen molar-refractivity contribution in [3.8, 4) is 23.1 Å². The number of rotatable bonds is 4. The van der Waals surface area contributed by atoms with Gasteiger partial charge in [0.2, 0.25) is 0 Å². The van der Waals surface area contributed by atoms with E-state index in [0.29, 0.717) is 5.92 Å². The number of benzene rings is 1. The van der Waals surface area contributed by atoms with Gasteiger partial charge in [0.1, 0.15) is 6.61 Å². The summed E-state index contributed by atoms with van der Waals surface area (Å²) in [6.07, 6.45) is 3.12. The lowest BCUT2D eigenvalue weighted by Crippen LogP contribution is -2.19. The van der Waals surface area contributed by atoms with Gasteiger partial charge in [-0.15, -0.1) is 11.3 Å². The average molecular weight is 375 g/mol. The van der Waals surface area contributed by atoms with Crippen molar-refractivity contribution >= 4 is 11.3 Å². The van der Waals surface area contributed by atoms with Crippen LogP contribution in [0.15, 0.2) is 60.8 Å². The van der Waals surface area contributed by atoms with Gasteiger partial charge in [-0.2, -0.15) is 0 Å². The van der Waals surface area contributed by atoms with Crippen LogP contribution in [-0.4, -0.2) is 34.7 Å². The van der Waals surface area contributed by atoms with Gasteiger partial charge in [0.25, 0.3) is 0 Å². The third-order valence-electron chi connectivity index (χ3n) is 4.93. The molecule has 0 radical (unpaired) electrons. The minimum absolute atomic E-state index is 0.0854. The number of hydrogen-bond acceptors (Lipinski definition) is 4. The van der Waals surface area contributed by atoms with Crippen molar-refractivity contribution in [3.05, 3.63) is 76.1 Å².